The van der Waals surface area contributed by atoms with E-state index in [0.29, 0.717) is 23.1 Å². The minimum Gasteiger partial charge on any atom is -0.492 e. The molecule has 1 aromatic carbocycles. The summed E-state index contributed by atoms with van der Waals surface area (Å²) in [6, 6.07) is 4.90. The minimum absolute atomic E-state index is 0.368. The lowest BCUT2D eigenvalue weighted by Gasteiger charge is -2.29. The number of unbranched alkanes of at least 4 members (excludes halogenated alkanes) is 4. The molecule has 8 heteroatoms. The second kappa shape index (κ2) is 12.0. The quantitative estimate of drug-likeness (QED) is 0.423. The third-order valence-corrected chi connectivity index (χ3v) is 4.58. The molecule has 0 radical (unpaired) electrons. The molecule has 30 heavy (non-hydrogen) atoms. The summed E-state index contributed by atoms with van der Waals surface area (Å²) in [6.45, 7) is 8.68. The number of amides is 2. The van der Waals surface area contributed by atoms with Gasteiger partial charge in [-0.25, -0.2) is 4.79 Å². The number of nitrogens with one attached hydrogen (secondary N) is 2. The molecule has 0 heterocycles. The molecular weight excluding hydrogens is 408 g/mol. The number of hydrogen-bond donors (Lipinski definition) is 3. The molecule has 1 rings (SSSR count). The molecule has 0 fully saturated rings. The maximum absolute atomic E-state index is 12.6. The highest BCUT2D eigenvalue weighted by Gasteiger charge is 2.36. The fraction of sp³-hybridized carbons (Fsp3) is 0.636. The normalized spacial score (nSPS) is 13.3. The number of anilines is 1. The Hall–Kier alpha value is -1.99. The molecule has 1 atom stereocenters. The average molecular weight is 443 g/mol. The first kappa shape index (κ1) is 26.0. The van der Waals surface area contributed by atoms with Gasteiger partial charge in [-0.05, 0) is 52.3 Å². The van der Waals surface area contributed by atoms with E-state index in [2.05, 4.69) is 17.6 Å². The summed E-state index contributed by atoms with van der Waals surface area (Å²) >= 11 is 6.27. The number of carbonyl (C=O) groups is 2. The number of halogens is 1. The molecule has 0 aliphatic carbocycles. The predicted molar refractivity (Wildman–Crippen MR) is 119 cm³/mol. The summed E-state index contributed by atoms with van der Waals surface area (Å²) in [7, 11) is 0. The molecular formula is C22H35ClN2O5. The van der Waals surface area contributed by atoms with Gasteiger partial charge in [0.15, 0.2) is 0 Å². The van der Waals surface area contributed by atoms with Crippen LogP contribution in [0.5, 0.6) is 5.75 Å². The van der Waals surface area contributed by atoms with Gasteiger partial charge in [0.1, 0.15) is 16.9 Å². The molecule has 170 valence electrons. The standard InChI is InChI=1S/C22H35ClN2O5/c1-6-7-8-9-10-13-29-18-12-11-16(14-17(18)23)24-19(27)22(5,15-26)25-20(28)30-21(2,3)4/h11-12,14,26H,6-10,13,15H2,1-5H3,(H,24,27)(H,25,28)/t22-/m0/s1. The first-order chi connectivity index (χ1) is 14.0. The molecule has 0 saturated heterocycles. The van der Waals surface area contributed by atoms with Crippen molar-refractivity contribution in [1.29, 1.82) is 0 Å². The van der Waals surface area contributed by atoms with Crippen molar-refractivity contribution in [3.05, 3.63) is 23.2 Å². The van der Waals surface area contributed by atoms with Crippen LogP contribution in [0.1, 0.15) is 66.7 Å². The fourth-order valence-electron chi connectivity index (χ4n) is 2.55. The van der Waals surface area contributed by atoms with Crippen molar-refractivity contribution in [2.24, 2.45) is 0 Å². The topological polar surface area (TPSA) is 96.9 Å². The molecule has 0 saturated carbocycles. The van der Waals surface area contributed by atoms with Gasteiger partial charge in [0.05, 0.1) is 18.2 Å². The Morgan fingerprint density at radius 1 is 1.10 bits per heavy atom. The maximum Gasteiger partial charge on any atom is 0.408 e. The van der Waals surface area contributed by atoms with Crippen molar-refractivity contribution < 1.29 is 24.2 Å². The van der Waals surface area contributed by atoms with Gasteiger partial charge in [0.25, 0.3) is 5.91 Å². The summed E-state index contributed by atoms with van der Waals surface area (Å²) in [5.74, 6) is -0.0570. The molecule has 3 N–H and O–H groups in total. The molecule has 0 unspecified atom stereocenters. The molecule has 0 aliphatic heterocycles. The van der Waals surface area contributed by atoms with E-state index in [9.17, 15) is 14.7 Å². The predicted octanol–water partition coefficient (Wildman–Crippen LogP) is 4.90. The second-order valence-electron chi connectivity index (χ2n) is 8.48. The SMILES string of the molecule is CCCCCCCOc1ccc(NC(=O)[C@](C)(CO)NC(=O)OC(C)(C)C)cc1Cl. The number of hydrogen-bond acceptors (Lipinski definition) is 5. The molecule has 0 aliphatic rings. The van der Waals surface area contributed by atoms with Crippen LogP contribution in [0.4, 0.5) is 10.5 Å². The summed E-state index contributed by atoms with van der Waals surface area (Å²) in [4.78, 5) is 24.7. The van der Waals surface area contributed by atoms with Gasteiger partial charge < -0.3 is 25.2 Å². The zero-order chi connectivity index (χ0) is 22.8. The number of benzene rings is 1. The van der Waals surface area contributed by atoms with Crippen LogP contribution in [0.2, 0.25) is 5.02 Å². The van der Waals surface area contributed by atoms with E-state index in [1.807, 2.05) is 0 Å². The van der Waals surface area contributed by atoms with Gasteiger partial charge in [-0.2, -0.15) is 0 Å². The molecule has 7 nitrogen and oxygen atoms in total. The number of alkyl carbamates (subject to hydrolysis) is 1. The van der Waals surface area contributed by atoms with Gasteiger partial charge >= 0.3 is 6.09 Å². The largest absolute Gasteiger partial charge is 0.492 e. The van der Waals surface area contributed by atoms with Crippen LogP contribution >= 0.6 is 11.6 Å². The Morgan fingerprint density at radius 2 is 1.77 bits per heavy atom. The summed E-state index contributed by atoms with van der Waals surface area (Å²) in [6.07, 6.45) is 4.89. The van der Waals surface area contributed by atoms with Crippen molar-refractivity contribution >= 4 is 29.3 Å². The molecule has 0 aromatic heterocycles. The van der Waals surface area contributed by atoms with Crippen molar-refractivity contribution in [2.45, 2.75) is 77.9 Å². The van der Waals surface area contributed by atoms with E-state index in [1.54, 1.807) is 39.0 Å². The first-order valence-corrected chi connectivity index (χ1v) is 10.7. The molecule has 1 aromatic rings. The first-order valence-electron chi connectivity index (χ1n) is 10.4. The Kier molecular flexibility index (Phi) is 10.4. The lowest BCUT2D eigenvalue weighted by Crippen LogP contribution is -2.58. The number of carbonyl (C=O) groups excluding carboxylic acids is 2. The van der Waals surface area contributed by atoms with Gasteiger partial charge in [-0.3, -0.25) is 4.79 Å². The van der Waals surface area contributed by atoms with Crippen LogP contribution in [-0.4, -0.2) is 41.5 Å². The summed E-state index contributed by atoms with van der Waals surface area (Å²) in [5, 5.41) is 15.1. The van der Waals surface area contributed by atoms with Crippen molar-refractivity contribution in [3.63, 3.8) is 0 Å². The van der Waals surface area contributed by atoms with Crippen molar-refractivity contribution in [2.75, 3.05) is 18.5 Å². The number of aliphatic hydroxyl groups excluding tert-OH is 1. The van der Waals surface area contributed by atoms with E-state index >= 15 is 0 Å². The van der Waals surface area contributed by atoms with Crippen LogP contribution in [0.15, 0.2) is 18.2 Å². The zero-order valence-electron chi connectivity index (χ0n) is 18.6. The second-order valence-corrected chi connectivity index (χ2v) is 8.89. The Bertz CT molecular complexity index is 705. The van der Waals surface area contributed by atoms with E-state index in [-0.39, 0.29) is 0 Å². The van der Waals surface area contributed by atoms with Gasteiger partial charge in [0, 0.05) is 5.69 Å². The Morgan fingerprint density at radius 3 is 2.33 bits per heavy atom. The lowest BCUT2D eigenvalue weighted by atomic mass is 10.0. The highest BCUT2D eigenvalue weighted by molar-refractivity contribution is 6.32. The van der Waals surface area contributed by atoms with Gasteiger partial charge in [-0.1, -0.05) is 44.2 Å². The van der Waals surface area contributed by atoms with E-state index < -0.39 is 29.7 Å². The van der Waals surface area contributed by atoms with Crippen molar-refractivity contribution in [3.8, 4) is 5.75 Å². The Balaban J connectivity index is 2.66. The summed E-state index contributed by atoms with van der Waals surface area (Å²) < 4.78 is 10.9. The molecule has 0 bridgehead atoms. The van der Waals surface area contributed by atoms with Gasteiger partial charge in [0.2, 0.25) is 0 Å². The van der Waals surface area contributed by atoms with Crippen LogP contribution in [0.3, 0.4) is 0 Å². The lowest BCUT2D eigenvalue weighted by molar-refractivity contribution is -0.123. The van der Waals surface area contributed by atoms with Gasteiger partial charge in [-0.15, -0.1) is 0 Å². The number of ether oxygens (including phenoxy) is 2. The smallest absolute Gasteiger partial charge is 0.408 e. The van der Waals surface area contributed by atoms with Crippen LogP contribution < -0.4 is 15.4 Å². The van der Waals surface area contributed by atoms with E-state index in [4.69, 9.17) is 21.1 Å². The van der Waals surface area contributed by atoms with E-state index in [0.717, 1.165) is 12.8 Å². The third kappa shape index (κ3) is 9.22. The zero-order valence-corrected chi connectivity index (χ0v) is 19.4. The highest BCUT2D eigenvalue weighted by Crippen LogP contribution is 2.28. The number of aliphatic hydroxyl groups is 1. The monoisotopic (exact) mass is 442 g/mol. The molecule has 2 amide bonds. The van der Waals surface area contributed by atoms with Crippen molar-refractivity contribution in [1.82, 2.24) is 5.32 Å². The minimum atomic E-state index is -1.57. The number of rotatable bonds is 11. The summed E-state index contributed by atoms with van der Waals surface area (Å²) in [5.41, 5.74) is -1.87. The Labute approximate surface area is 184 Å². The van der Waals surface area contributed by atoms with Crippen LogP contribution in [-0.2, 0) is 9.53 Å². The third-order valence-electron chi connectivity index (χ3n) is 4.29. The maximum atomic E-state index is 12.6. The van der Waals surface area contributed by atoms with Crippen LogP contribution in [0, 0.1) is 0 Å². The van der Waals surface area contributed by atoms with E-state index in [1.165, 1.54) is 26.2 Å². The highest BCUT2D eigenvalue weighted by atomic mass is 35.5. The molecule has 0 spiro atoms. The average Bonchev–Trinajstić information content (AvgIpc) is 2.64. The van der Waals surface area contributed by atoms with Crippen LogP contribution in [0.25, 0.3) is 0 Å². The fourth-order valence-corrected chi connectivity index (χ4v) is 2.78.